The van der Waals surface area contributed by atoms with Crippen molar-refractivity contribution < 1.29 is 4.74 Å². The van der Waals surface area contributed by atoms with Gasteiger partial charge < -0.3 is 14.2 Å². The average Bonchev–Trinajstić information content (AvgIpc) is 3.99. The van der Waals surface area contributed by atoms with Gasteiger partial charge in [-0.3, -0.25) is 4.57 Å². The molecule has 354 valence electrons. The van der Waals surface area contributed by atoms with Gasteiger partial charge in [0, 0.05) is 55.8 Å². The molecule has 75 heavy (non-hydrogen) atoms. The molecule has 0 saturated heterocycles. The van der Waals surface area contributed by atoms with Crippen molar-refractivity contribution in [2.75, 3.05) is 4.90 Å². The Morgan fingerprint density at radius 3 is 1.55 bits per heavy atom. The number of nitrogens with zero attached hydrogens (tertiary/aromatic N) is 4. The van der Waals surface area contributed by atoms with E-state index in [1.165, 1.54) is 32.6 Å². The molecule has 0 radical (unpaired) electrons. The van der Waals surface area contributed by atoms with Crippen molar-refractivity contribution in [3.05, 3.63) is 248 Å². The third-order valence-electron chi connectivity index (χ3n) is 15.7. The zero-order valence-corrected chi connectivity index (χ0v) is 41.9. The van der Waals surface area contributed by atoms with Gasteiger partial charge in [0.15, 0.2) is 0 Å². The first-order valence-electron chi connectivity index (χ1n) is 26.0. The summed E-state index contributed by atoms with van der Waals surface area (Å²) in [6, 6.07) is 88.3. The largest absolute Gasteiger partial charge is 0.458 e. The van der Waals surface area contributed by atoms with Crippen LogP contribution in [0.5, 0.6) is 11.5 Å². The summed E-state index contributed by atoms with van der Waals surface area (Å²) < 4.78 is 12.1. The highest BCUT2D eigenvalue weighted by molar-refractivity contribution is 6.99. The fraction of sp³-hybridized carbons (Fsp3) is 0.0580. The van der Waals surface area contributed by atoms with Gasteiger partial charge in [-0.05, 0) is 105 Å². The van der Waals surface area contributed by atoms with Gasteiger partial charge in [0.25, 0.3) is 6.71 Å². The average molecular weight is 961 g/mol. The summed E-state index contributed by atoms with van der Waals surface area (Å²) >= 11 is 0. The number of rotatable bonds is 6. The van der Waals surface area contributed by atoms with E-state index in [0.29, 0.717) is 0 Å². The Morgan fingerprint density at radius 1 is 0.413 bits per heavy atom. The Bertz CT molecular complexity index is 4290. The smallest absolute Gasteiger partial charge is 0.256 e. The van der Waals surface area contributed by atoms with E-state index in [2.05, 4.69) is 277 Å². The zero-order valence-electron chi connectivity index (χ0n) is 41.9. The lowest BCUT2D eigenvalue weighted by Crippen LogP contribution is -2.59. The van der Waals surface area contributed by atoms with E-state index in [1.54, 1.807) is 0 Å². The van der Waals surface area contributed by atoms with Crippen molar-refractivity contribution >= 4 is 83.8 Å². The summed E-state index contributed by atoms with van der Waals surface area (Å²) in [5.41, 5.74) is 20.0. The van der Waals surface area contributed by atoms with E-state index in [-0.39, 0.29) is 12.1 Å². The van der Waals surface area contributed by atoms with Crippen LogP contribution in [0.25, 0.3) is 88.6 Å². The lowest BCUT2D eigenvalue weighted by molar-refractivity contribution is 0.483. The Kier molecular flexibility index (Phi) is 9.55. The Hall–Kier alpha value is -9.39. The topological polar surface area (TPSA) is 35.2 Å². The normalized spacial score (nSPS) is 12.8. The minimum atomic E-state index is -0.195. The third kappa shape index (κ3) is 6.69. The number of anilines is 3. The molecule has 13 aromatic rings. The van der Waals surface area contributed by atoms with Gasteiger partial charge in [-0.1, -0.05) is 197 Å². The van der Waals surface area contributed by atoms with Crippen LogP contribution in [-0.2, 0) is 5.41 Å². The fourth-order valence-corrected chi connectivity index (χ4v) is 12.3. The van der Waals surface area contributed by atoms with Gasteiger partial charge in [-0.2, -0.15) is 0 Å². The first-order valence-corrected chi connectivity index (χ1v) is 26.0. The van der Waals surface area contributed by atoms with Crippen molar-refractivity contribution in [2.24, 2.45) is 0 Å². The Morgan fingerprint density at radius 2 is 0.960 bits per heavy atom. The second kappa shape index (κ2) is 16.6. The summed E-state index contributed by atoms with van der Waals surface area (Å²) in [6.45, 7) is 6.74. The van der Waals surface area contributed by atoms with Crippen LogP contribution in [0.2, 0.25) is 0 Å². The van der Waals surface area contributed by atoms with Crippen molar-refractivity contribution in [3.63, 3.8) is 0 Å². The van der Waals surface area contributed by atoms with Gasteiger partial charge in [0.05, 0.1) is 33.4 Å². The third-order valence-corrected chi connectivity index (χ3v) is 15.7. The van der Waals surface area contributed by atoms with Crippen LogP contribution in [0.15, 0.2) is 243 Å². The van der Waals surface area contributed by atoms with Crippen molar-refractivity contribution in [1.29, 1.82) is 0 Å². The molecular weight excluding hydrogens is 912 g/mol. The molecule has 0 fully saturated rings. The molecule has 0 amide bonds. The van der Waals surface area contributed by atoms with Crippen LogP contribution < -0.4 is 26.0 Å². The fourth-order valence-electron chi connectivity index (χ4n) is 12.3. The number of hydrogen-bond acceptors (Lipinski definition) is 3. The lowest BCUT2D eigenvalue weighted by Gasteiger charge is -2.42. The number of aromatic nitrogens is 3. The molecular formula is C69H49BN4O. The minimum absolute atomic E-state index is 0.171. The van der Waals surface area contributed by atoms with Crippen molar-refractivity contribution in [1.82, 2.24) is 14.1 Å². The van der Waals surface area contributed by atoms with Crippen LogP contribution in [0.3, 0.4) is 0 Å². The standard InChI is InChI=1S/C69H49BN4O/c1-69(2,3)47-41-63-67-65(42-47)75-64-43-48(72-58-31-14-10-24-51(58)52-25-11-15-32-59(52)72)37-38-55(64)70(67)56-40-46(57-30-19-35-66(71-57)73-60-33-16-12-26-53(60)54-27-13-17-34-61(54)73)36-39-62(56)74(63)68-49(44-20-6-4-7-21-44)28-18-29-50(68)45-22-8-5-9-23-45/h4-43H,1-3H3. The first-order chi connectivity index (χ1) is 36.9. The number of para-hydroxylation sites is 5. The molecule has 6 heteroatoms. The highest BCUT2D eigenvalue weighted by Crippen LogP contribution is 2.50. The van der Waals surface area contributed by atoms with Crippen LogP contribution in [0.1, 0.15) is 26.3 Å². The van der Waals surface area contributed by atoms with E-state index < -0.39 is 0 Å². The quantitative estimate of drug-likeness (QED) is 0.156. The highest BCUT2D eigenvalue weighted by atomic mass is 16.5. The maximum atomic E-state index is 7.44. The predicted octanol–water partition coefficient (Wildman–Crippen LogP) is 16.0. The molecule has 2 aliphatic rings. The molecule has 0 atom stereocenters. The molecule has 3 aromatic heterocycles. The molecule has 15 rings (SSSR count). The lowest BCUT2D eigenvalue weighted by atomic mass is 9.34. The summed E-state index contributed by atoms with van der Waals surface area (Å²) in [5.74, 6) is 2.61. The van der Waals surface area contributed by atoms with Crippen LogP contribution in [0.4, 0.5) is 17.1 Å². The van der Waals surface area contributed by atoms with E-state index in [1.807, 2.05) is 0 Å². The summed E-state index contributed by atoms with van der Waals surface area (Å²) in [7, 11) is 0. The second-order valence-electron chi connectivity index (χ2n) is 21.1. The molecule has 0 N–H and O–H groups in total. The Balaban J connectivity index is 1.00. The monoisotopic (exact) mass is 960 g/mol. The van der Waals surface area contributed by atoms with Crippen molar-refractivity contribution in [3.8, 4) is 56.5 Å². The number of hydrogen-bond donors (Lipinski definition) is 0. The SMILES string of the molecule is CC(C)(C)c1cc2c3c(c1)N(c1c(-c4ccccc4)cccc1-c1ccccc1)c1ccc(-c4cccc(-n5c6ccccc6c6ccccc65)n4)cc1B3c1ccc(-n3c4ccccc4c4ccccc43)cc1O2. The number of ether oxygens (including phenoxy) is 1. The van der Waals surface area contributed by atoms with Gasteiger partial charge >= 0.3 is 0 Å². The van der Waals surface area contributed by atoms with E-state index in [0.717, 1.165) is 107 Å². The second-order valence-corrected chi connectivity index (χ2v) is 21.1. The van der Waals surface area contributed by atoms with Crippen molar-refractivity contribution in [2.45, 2.75) is 26.2 Å². The molecule has 10 aromatic carbocycles. The van der Waals surface area contributed by atoms with E-state index >= 15 is 0 Å². The molecule has 5 heterocycles. The Labute approximate surface area is 436 Å². The predicted molar refractivity (Wildman–Crippen MR) is 314 cm³/mol. The van der Waals surface area contributed by atoms with Crippen LogP contribution >= 0.6 is 0 Å². The summed E-state index contributed by atoms with van der Waals surface area (Å²) in [6.07, 6.45) is 0. The van der Waals surface area contributed by atoms with Gasteiger partial charge in [-0.25, -0.2) is 4.98 Å². The van der Waals surface area contributed by atoms with Gasteiger partial charge in [0.1, 0.15) is 17.3 Å². The molecule has 0 spiro atoms. The zero-order chi connectivity index (χ0) is 49.9. The summed E-state index contributed by atoms with van der Waals surface area (Å²) in [5, 5.41) is 4.88. The highest BCUT2D eigenvalue weighted by Gasteiger charge is 2.44. The van der Waals surface area contributed by atoms with Crippen LogP contribution in [0, 0.1) is 0 Å². The van der Waals surface area contributed by atoms with E-state index in [4.69, 9.17) is 9.72 Å². The number of benzene rings is 10. The minimum Gasteiger partial charge on any atom is -0.458 e. The maximum Gasteiger partial charge on any atom is 0.256 e. The molecule has 2 aliphatic heterocycles. The number of fused-ring (bicyclic) bond motifs is 10. The molecule has 0 aliphatic carbocycles. The molecule has 0 bridgehead atoms. The van der Waals surface area contributed by atoms with E-state index in [9.17, 15) is 0 Å². The summed E-state index contributed by atoms with van der Waals surface area (Å²) in [4.78, 5) is 8.09. The number of pyridine rings is 1. The molecule has 5 nitrogen and oxygen atoms in total. The molecule has 0 saturated carbocycles. The first kappa shape index (κ1) is 43.2. The van der Waals surface area contributed by atoms with Crippen LogP contribution in [-0.4, -0.2) is 20.8 Å². The molecule has 0 unspecified atom stereocenters. The van der Waals surface area contributed by atoms with Gasteiger partial charge in [-0.15, -0.1) is 0 Å². The maximum absolute atomic E-state index is 7.44. The van der Waals surface area contributed by atoms with Gasteiger partial charge in [0.2, 0.25) is 0 Å².